The summed E-state index contributed by atoms with van der Waals surface area (Å²) in [6, 6.07) is 7.53. The van der Waals surface area contributed by atoms with Crippen molar-refractivity contribution in [2.45, 2.75) is 12.4 Å². The molecule has 2 rings (SSSR count). The molecule has 0 N–H and O–H groups in total. The van der Waals surface area contributed by atoms with E-state index in [0.717, 1.165) is 0 Å². The van der Waals surface area contributed by atoms with Gasteiger partial charge in [-0.1, -0.05) is 18.2 Å². The molecule has 0 radical (unpaired) electrons. The Balaban J connectivity index is 2.78. The maximum absolute atomic E-state index is 13.0. The maximum Gasteiger partial charge on any atom is 0.416 e. The first-order valence-corrected chi connectivity index (χ1v) is 8.50. The first-order valence-electron chi connectivity index (χ1n) is 6.65. The normalized spacial score (nSPS) is 12.9. The molecule has 136 valence electrons. The molecule has 0 amide bonds. The van der Waals surface area contributed by atoms with Gasteiger partial charge in [-0.05, 0) is 30.3 Å². The summed E-state index contributed by atoms with van der Waals surface area (Å²) in [6.07, 6.45) is -9.46. The van der Waals surface area contributed by atoms with Gasteiger partial charge in [-0.15, -0.1) is 0 Å². The number of benzene rings is 2. The zero-order chi connectivity index (χ0) is 19.0. The Labute approximate surface area is 139 Å². The van der Waals surface area contributed by atoms with Gasteiger partial charge in [0.25, 0.3) is 0 Å². The van der Waals surface area contributed by atoms with Crippen LogP contribution in [0.5, 0.6) is 0 Å². The summed E-state index contributed by atoms with van der Waals surface area (Å²) in [4.78, 5) is 0. The molecule has 0 aliphatic rings. The second-order valence-electron chi connectivity index (χ2n) is 5.13. The van der Waals surface area contributed by atoms with Crippen LogP contribution in [-0.2, 0) is 22.4 Å². The van der Waals surface area contributed by atoms with Crippen molar-refractivity contribution in [2.24, 2.45) is 0 Å². The van der Waals surface area contributed by atoms with E-state index in [0.29, 0.717) is 22.7 Å². The molecule has 0 bridgehead atoms. The van der Waals surface area contributed by atoms with Gasteiger partial charge in [0, 0.05) is 0 Å². The summed E-state index contributed by atoms with van der Waals surface area (Å²) >= 11 is 0. The molecule has 0 saturated heterocycles. The third-order valence-electron chi connectivity index (χ3n) is 3.13. The van der Waals surface area contributed by atoms with Crippen LogP contribution in [0.1, 0.15) is 11.1 Å². The summed E-state index contributed by atoms with van der Waals surface area (Å²) in [5.74, 6) is 0. The number of nitrogens with zero attached hydrogens (tertiary/aromatic N) is 1. The van der Waals surface area contributed by atoms with Crippen LogP contribution in [0, 0.1) is 0 Å². The topological polar surface area (TPSA) is 37.4 Å². The van der Waals surface area contributed by atoms with Crippen molar-refractivity contribution in [3.8, 4) is 0 Å². The van der Waals surface area contributed by atoms with Crippen molar-refractivity contribution in [3.05, 3.63) is 59.7 Å². The molecule has 0 saturated carbocycles. The van der Waals surface area contributed by atoms with Crippen LogP contribution >= 0.6 is 0 Å². The summed E-state index contributed by atoms with van der Waals surface area (Å²) in [5, 5.41) is 0. The second-order valence-corrected chi connectivity index (χ2v) is 6.96. The van der Waals surface area contributed by atoms with Gasteiger partial charge in [0.2, 0.25) is 10.0 Å². The molecule has 0 aromatic heterocycles. The highest BCUT2D eigenvalue weighted by Crippen LogP contribution is 2.40. The number of hydrogen-bond donors (Lipinski definition) is 0. The van der Waals surface area contributed by atoms with Crippen LogP contribution in [0.2, 0.25) is 0 Å². The Kier molecular flexibility index (Phi) is 4.77. The van der Waals surface area contributed by atoms with Crippen LogP contribution in [0.15, 0.2) is 48.5 Å². The van der Waals surface area contributed by atoms with E-state index in [2.05, 4.69) is 0 Å². The number of rotatable bonds is 3. The first-order chi connectivity index (χ1) is 11.3. The van der Waals surface area contributed by atoms with Crippen molar-refractivity contribution in [1.29, 1.82) is 0 Å². The Morgan fingerprint density at radius 1 is 0.760 bits per heavy atom. The van der Waals surface area contributed by atoms with E-state index in [1.165, 1.54) is 30.3 Å². The number of anilines is 2. The van der Waals surface area contributed by atoms with Gasteiger partial charge in [-0.3, -0.25) is 0 Å². The lowest BCUT2D eigenvalue weighted by molar-refractivity contribution is -0.143. The number of hydrogen-bond acceptors (Lipinski definition) is 2. The molecule has 25 heavy (non-hydrogen) atoms. The minimum absolute atomic E-state index is 0.0606. The third-order valence-corrected chi connectivity index (χ3v) is 4.21. The summed E-state index contributed by atoms with van der Waals surface area (Å²) in [6.45, 7) is 0. The van der Waals surface area contributed by atoms with Crippen LogP contribution < -0.4 is 4.31 Å². The lowest BCUT2D eigenvalue weighted by Crippen LogP contribution is -2.25. The summed E-state index contributed by atoms with van der Waals surface area (Å²) < 4.78 is 102. The number of sulfonamides is 1. The van der Waals surface area contributed by atoms with Gasteiger partial charge in [0.05, 0.1) is 28.8 Å². The van der Waals surface area contributed by atoms with Gasteiger partial charge < -0.3 is 0 Å². The SMILES string of the molecule is CS(=O)(=O)N(c1ccccc1)c1cc(C(F)(F)F)cc(C(F)(F)F)c1. The number of halogens is 6. The zero-order valence-corrected chi connectivity index (χ0v) is 13.4. The van der Waals surface area contributed by atoms with E-state index < -0.39 is 39.2 Å². The van der Waals surface area contributed by atoms with Gasteiger partial charge in [-0.2, -0.15) is 26.3 Å². The van der Waals surface area contributed by atoms with Crippen LogP contribution in [0.4, 0.5) is 37.7 Å². The van der Waals surface area contributed by atoms with Crippen LogP contribution in [-0.4, -0.2) is 14.7 Å². The molecule has 3 nitrogen and oxygen atoms in total. The quantitative estimate of drug-likeness (QED) is 0.713. The molecule has 2 aromatic rings. The first kappa shape index (κ1) is 19.1. The van der Waals surface area contributed by atoms with Crippen molar-refractivity contribution < 1.29 is 34.8 Å². The Morgan fingerprint density at radius 2 is 1.20 bits per heavy atom. The number of alkyl halides is 6. The molecule has 10 heteroatoms. The fourth-order valence-corrected chi connectivity index (χ4v) is 3.14. The minimum atomic E-state index is -5.07. The molecule has 0 aliphatic carbocycles. The van der Waals surface area contributed by atoms with Gasteiger partial charge in [0.15, 0.2) is 0 Å². The van der Waals surface area contributed by atoms with E-state index in [1.807, 2.05) is 0 Å². The predicted molar refractivity (Wildman–Crippen MR) is 79.9 cm³/mol. The average Bonchev–Trinajstić information content (AvgIpc) is 2.45. The minimum Gasteiger partial charge on any atom is -0.239 e. The molecular formula is C15H11F6NO2S. The largest absolute Gasteiger partial charge is 0.416 e. The predicted octanol–water partition coefficient (Wildman–Crippen LogP) is 4.82. The van der Waals surface area contributed by atoms with E-state index in [1.54, 1.807) is 0 Å². The molecule has 0 atom stereocenters. The third kappa shape index (κ3) is 4.44. The lowest BCUT2D eigenvalue weighted by Gasteiger charge is -2.24. The Hall–Kier alpha value is -2.23. The smallest absolute Gasteiger partial charge is 0.239 e. The highest BCUT2D eigenvalue weighted by molar-refractivity contribution is 7.92. The van der Waals surface area contributed by atoms with Crippen LogP contribution in [0.25, 0.3) is 0 Å². The van der Waals surface area contributed by atoms with Gasteiger partial charge in [-0.25, -0.2) is 12.7 Å². The Bertz CT molecular complexity index is 828. The van der Waals surface area contributed by atoms with Crippen molar-refractivity contribution in [2.75, 3.05) is 10.6 Å². The highest BCUT2D eigenvalue weighted by atomic mass is 32.2. The summed E-state index contributed by atoms with van der Waals surface area (Å²) in [7, 11) is -4.20. The van der Waals surface area contributed by atoms with E-state index in [-0.39, 0.29) is 11.8 Å². The van der Waals surface area contributed by atoms with E-state index in [4.69, 9.17) is 0 Å². The Morgan fingerprint density at radius 3 is 1.56 bits per heavy atom. The standard InChI is InChI=1S/C15H11F6NO2S/c1-25(23,24)22(12-5-3-2-4-6-12)13-8-10(14(16,17)18)7-11(9-13)15(19,20)21/h2-9H,1H3. The van der Waals surface area contributed by atoms with Crippen molar-refractivity contribution in [1.82, 2.24) is 0 Å². The van der Waals surface area contributed by atoms with E-state index in [9.17, 15) is 34.8 Å². The molecule has 2 aromatic carbocycles. The molecule has 0 spiro atoms. The van der Waals surface area contributed by atoms with Crippen molar-refractivity contribution >= 4 is 21.4 Å². The highest BCUT2D eigenvalue weighted by Gasteiger charge is 2.38. The fourth-order valence-electron chi connectivity index (χ4n) is 2.15. The fraction of sp³-hybridized carbons (Fsp3) is 0.200. The van der Waals surface area contributed by atoms with Crippen molar-refractivity contribution in [3.63, 3.8) is 0 Å². The van der Waals surface area contributed by atoms with Gasteiger partial charge >= 0.3 is 12.4 Å². The monoisotopic (exact) mass is 383 g/mol. The average molecular weight is 383 g/mol. The molecule has 0 heterocycles. The molecule has 0 aliphatic heterocycles. The molecule has 0 fully saturated rings. The zero-order valence-electron chi connectivity index (χ0n) is 12.6. The lowest BCUT2D eigenvalue weighted by atomic mass is 10.1. The van der Waals surface area contributed by atoms with E-state index >= 15 is 0 Å². The summed E-state index contributed by atoms with van der Waals surface area (Å²) in [5.41, 5.74) is -4.03. The van der Waals surface area contributed by atoms with Gasteiger partial charge in [0.1, 0.15) is 0 Å². The molecular weight excluding hydrogens is 372 g/mol. The van der Waals surface area contributed by atoms with Crippen LogP contribution in [0.3, 0.4) is 0 Å². The second kappa shape index (κ2) is 6.25. The molecule has 0 unspecified atom stereocenters. The maximum atomic E-state index is 13.0. The number of para-hydroxylation sites is 1.